The third-order valence-electron chi connectivity index (χ3n) is 5.49. The lowest BCUT2D eigenvalue weighted by atomic mass is 10.1. The second-order valence-corrected chi connectivity index (χ2v) is 9.89. The average molecular weight is 426 g/mol. The Morgan fingerprint density at radius 2 is 1.67 bits per heavy atom. The molecular formula is C27H41N2S+. The first-order chi connectivity index (χ1) is 14.4. The first-order valence-electron chi connectivity index (χ1n) is 11.4. The third-order valence-corrected chi connectivity index (χ3v) is 6.49. The lowest BCUT2D eigenvalue weighted by molar-refractivity contribution is -0.548. The maximum Gasteiger partial charge on any atom is 0.278 e. The molecule has 1 aromatic rings. The highest BCUT2D eigenvalue weighted by atomic mass is 32.2. The van der Waals surface area contributed by atoms with Gasteiger partial charge < -0.3 is 0 Å². The van der Waals surface area contributed by atoms with E-state index in [-0.39, 0.29) is 0 Å². The van der Waals surface area contributed by atoms with Crippen molar-refractivity contribution in [3.63, 3.8) is 0 Å². The quantitative estimate of drug-likeness (QED) is 0.234. The van der Waals surface area contributed by atoms with Gasteiger partial charge in [0.2, 0.25) is 0 Å². The van der Waals surface area contributed by atoms with Crippen LogP contribution in [-0.4, -0.2) is 35.3 Å². The number of thioether (sulfide) groups is 1. The first-order valence-corrected chi connectivity index (χ1v) is 12.4. The average Bonchev–Trinajstić information content (AvgIpc) is 3.18. The molecular weight excluding hydrogens is 384 g/mol. The van der Waals surface area contributed by atoms with Crippen LogP contribution in [0.5, 0.6) is 0 Å². The van der Waals surface area contributed by atoms with Crippen molar-refractivity contribution in [1.29, 1.82) is 0 Å². The van der Waals surface area contributed by atoms with E-state index in [1.165, 1.54) is 39.4 Å². The zero-order chi connectivity index (χ0) is 21.9. The van der Waals surface area contributed by atoms with Gasteiger partial charge in [0.05, 0.1) is 11.6 Å². The number of benzene rings is 1. The van der Waals surface area contributed by atoms with Gasteiger partial charge in [-0.3, -0.25) is 9.89 Å². The predicted molar refractivity (Wildman–Crippen MR) is 135 cm³/mol. The van der Waals surface area contributed by atoms with Crippen LogP contribution in [0, 0.1) is 0 Å². The summed E-state index contributed by atoms with van der Waals surface area (Å²) in [4.78, 5) is 1.37. The van der Waals surface area contributed by atoms with E-state index in [4.69, 9.17) is 0 Å². The van der Waals surface area contributed by atoms with Crippen LogP contribution in [0.3, 0.4) is 0 Å². The summed E-state index contributed by atoms with van der Waals surface area (Å²) in [6.07, 6.45) is 11.8. The molecule has 164 valence electrons. The van der Waals surface area contributed by atoms with Gasteiger partial charge >= 0.3 is 0 Å². The summed E-state index contributed by atoms with van der Waals surface area (Å²) < 4.78 is 2.48. The van der Waals surface area contributed by atoms with Crippen LogP contribution in [0.4, 0.5) is 0 Å². The fourth-order valence-electron chi connectivity index (χ4n) is 3.68. The Kier molecular flexibility index (Phi) is 10.5. The molecule has 0 spiro atoms. The van der Waals surface area contributed by atoms with E-state index in [9.17, 15) is 0 Å². The van der Waals surface area contributed by atoms with Crippen LogP contribution < -0.4 is 5.32 Å². The smallest absolute Gasteiger partial charge is 0.270 e. The van der Waals surface area contributed by atoms with Crippen molar-refractivity contribution in [1.82, 2.24) is 5.32 Å². The van der Waals surface area contributed by atoms with Crippen LogP contribution >= 0.6 is 11.8 Å². The fourth-order valence-corrected chi connectivity index (χ4v) is 4.72. The molecule has 3 heteroatoms. The van der Waals surface area contributed by atoms with Crippen molar-refractivity contribution in [2.45, 2.75) is 78.2 Å². The summed E-state index contributed by atoms with van der Waals surface area (Å²) in [6.45, 7) is 15.5. The third kappa shape index (κ3) is 8.18. The molecule has 1 N–H and O–H groups in total. The minimum absolute atomic E-state index is 0.522. The highest BCUT2D eigenvalue weighted by Gasteiger charge is 2.26. The van der Waals surface area contributed by atoms with Crippen molar-refractivity contribution in [3.8, 4) is 0 Å². The lowest BCUT2D eigenvalue weighted by Crippen LogP contribution is -2.28. The summed E-state index contributed by atoms with van der Waals surface area (Å²) in [5.74, 6) is 2.32. The summed E-state index contributed by atoms with van der Waals surface area (Å²) in [7, 11) is 0. The van der Waals surface area contributed by atoms with Crippen LogP contribution in [-0.2, 0) is 0 Å². The van der Waals surface area contributed by atoms with E-state index >= 15 is 0 Å². The van der Waals surface area contributed by atoms with Crippen molar-refractivity contribution < 1.29 is 4.58 Å². The molecule has 0 aliphatic carbocycles. The zero-order valence-corrected chi connectivity index (χ0v) is 20.7. The Morgan fingerprint density at radius 3 is 2.37 bits per heavy atom. The lowest BCUT2D eigenvalue weighted by Gasteiger charge is -2.10. The number of hydrogen-bond donors (Lipinski definition) is 1. The maximum absolute atomic E-state index is 3.61. The molecule has 0 unspecified atom stereocenters. The molecule has 1 heterocycles. The maximum atomic E-state index is 3.61. The number of nitrogens with one attached hydrogen (secondary N) is 1. The molecule has 1 aliphatic rings. The van der Waals surface area contributed by atoms with E-state index < -0.39 is 0 Å². The number of nitrogens with zero attached hydrogens (tertiary/aromatic N) is 1. The SMILES string of the molecule is CC(C)=CCC/C(C)=C/CC/C(C)=C/CSc1ccccc1C1=[N+](C(C)C)CCN1. The molecule has 0 saturated carbocycles. The van der Waals surface area contributed by atoms with Crippen LogP contribution in [0.25, 0.3) is 0 Å². The van der Waals surface area contributed by atoms with Crippen LogP contribution in [0.15, 0.2) is 64.1 Å². The molecule has 0 atom stereocenters. The number of rotatable bonds is 11. The van der Waals surface area contributed by atoms with Crippen molar-refractivity contribution in [3.05, 3.63) is 64.8 Å². The number of allylic oxidation sites excluding steroid dienone is 5. The normalized spacial score (nSPS) is 15.0. The van der Waals surface area contributed by atoms with Crippen LogP contribution in [0.2, 0.25) is 0 Å². The van der Waals surface area contributed by atoms with Gasteiger partial charge in [-0.25, -0.2) is 0 Å². The molecule has 0 bridgehead atoms. The van der Waals surface area contributed by atoms with Crippen molar-refractivity contribution in [2.24, 2.45) is 0 Å². The van der Waals surface area contributed by atoms with E-state index in [1.54, 1.807) is 0 Å². The topological polar surface area (TPSA) is 15.0 Å². The Hall–Kier alpha value is -1.74. The van der Waals surface area contributed by atoms with Gasteiger partial charge in [-0.15, -0.1) is 11.8 Å². The molecule has 0 fully saturated rings. The summed E-state index contributed by atoms with van der Waals surface area (Å²) in [6, 6.07) is 9.34. The van der Waals surface area contributed by atoms with Gasteiger partial charge in [0.25, 0.3) is 5.84 Å². The van der Waals surface area contributed by atoms with E-state index in [0.29, 0.717) is 6.04 Å². The standard InChI is InChI=1S/C27H40N2S/c1-21(2)11-9-12-23(5)13-10-14-24(6)17-20-30-26-16-8-7-15-25(26)27-28-18-19-29(27)22(3)4/h7-8,11,13,15-17,22H,9-10,12,14,18-20H2,1-6H3/p+1/b23-13+,24-17+. The molecule has 30 heavy (non-hydrogen) atoms. The van der Waals surface area contributed by atoms with E-state index in [0.717, 1.165) is 38.1 Å². The molecule has 1 aliphatic heterocycles. The van der Waals surface area contributed by atoms with Crippen molar-refractivity contribution in [2.75, 3.05) is 18.8 Å². The molecule has 2 nitrogen and oxygen atoms in total. The molecule has 0 aromatic heterocycles. The highest BCUT2D eigenvalue weighted by Crippen LogP contribution is 2.24. The largest absolute Gasteiger partial charge is 0.278 e. The van der Waals surface area contributed by atoms with Gasteiger partial charge in [-0.1, -0.05) is 47.1 Å². The summed E-state index contributed by atoms with van der Waals surface area (Å²) >= 11 is 1.94. The summed E-state index contributed by atoms with van der Waals surface area (Å²) in [5, 5.41) is 3.61. The monoisotopic (exact) mass is 425 g/mol. The van der Waals surface area contributed by atoms with Gasteiger partial charge in [-0.05, 0) is 79.4 Å². The first kappa shape index (κ1) is 24.5. The molecule has 0 radical (unpaired) electrons. The molecule has 1 aromatic carbocycles. The van der Waals surface area contributed by atoms with Crippen molar-refractivity contribution >= 4 is 17.6 Å². The Morgan fingerprint density at radius 1 is 1.00 bits per heavy atom. The van der Waals surface area contributed by atoms with Gasteiger partial charge in [0.15, 0.2) is 0 Å². The van der Waals surface area contributed by atoms with E-state index in [2.05, 4.69) is 93.9 Å². The highest BCUT2D eigenvalue weighted by molar-refractivity contribution is 7.99. The number of hydrogen-bond acceptors (Lipinski definition) is 2. The Labute approximate surface area is 189 Å². The van der Waals surface area contributed by atoms with Gasteiger partial charge in [0.1, 0.15) is 13.1 Å². The predicted octanol–water partition coefficient (Wildman–Crippen LogP) is 6.97. The number of amidine groups is 1. The zero-order valence-electron chi connectivity index (χ0n) is 19.9. The molecule has 0 saturated heterocycles. The fraction of sp³-hybridized carbons (Fsp3) is 0.519. The second-order valence-electron chi connectivity index (χ2n) is 8.83. The second kappa shape index (κ2) is 12.8. The minimum Gasteiger partial charge on any atom is -0.270 e. The van der Waals surface area contributed by atoms with Crippen LogP contribution in [0.1, 0.15) is 72.8 Å². The van der Waals surface area contributed by atoms with Gasteiger partial charge in [-0.2, -0.15) is 0 Å². The molecule has 2 rings (SSSR count). The summed E-state index contributed by atoms with van der Waals surface area (Å²) in [5.41, 5.74) is 5.76. The Bertz CT molecular complexity index is 808. The minimum atomic E-state index is 0.522. The Balaban J connectivity index is 1.88. The van der Waals surface area contributed by atoms with E-state index in [1.807, 2.05) is 11.8 Å². The van der Waals surface area contributed by atoms with Gasteiger partial charge in [0, 0.05) is 10.6 Å². The molecule has 0 amide bonds.